The number of esters is 2. The maximum Gasteiger partial charge on any atom is 0.344 e. The quantitative estimate of drug-likeness (QED) is 0.594. The van der Waals surface area contributed by atoms with Gasteiger partial charge < -0.3 is 20.3 Å². The van der Waals surface area contributed by atoms with E-state index >= 15 is 0 Å². The molecule has 0 radical (unpaired) electrons. The molecule has 0 amide bonds. The highest BCUT2D eigenvalue weighted by Crippen LogP contribution is 2.42. The van der Waals surface area contributed by atoms with E-state index in [0.29, 0.717) is 18.6 Å². The molecule has 1 saturated carbocycles. The summed E-state index contributed by atoms with van der Waals surface area (Å²) >= 11 is 0. The standard InChI is InChI=1S/C10H10O4.C8H13NO2/c1-7(9(11)12)14-10(13)8-5-3-2-4-6-8;1-3-6-5-8(6,9)7(10)11-4-2/h2-7H,1H3,(H,11,12);3,6H,1,4-5,9H2,2H3/t7-;6-,8-/m01/s1. The van der Waals surface area contributed by atoms with Crippen LogP contribution in [0.4, 0.5) is 0 Å². The second kappa shape index (κ2) is 8.98. The minimum Gasteiger partial charge on any atom is -0.479 e. The summed E-state index contributed by atoms with van der Waals surface area (Å²) in [6.07, 6.45) is 1.26. The lowest BCUT2D eigenvalue weighted by molar-refractivity contribution is -0.146. The van der Waals surface area contributed by atoms with E-state index in [-0.39, 0.29) is 11.9 Å². The van der Waals surface area contributed by atoms with Crippen molar-refractivity contribution < 1.29 is 29.0 Å². The molecule has 1 aliphatic carbocycles. The van der Waals surface area contributed by atoms with Gasteiger partial charge in [-0.25, -0.2) is 9.59 Å². The van der Waals surface area contributed by atoms with Crippen LogP contribution in [0.5, 0.6) is 0 Å². The number of carboxylic acids is 1. The molecule has 3 atom stereocenters. The molecule has 25 heavy (non-hydrogen) atoms. The van der Waals surface area contributed by atoms with Crippen molar-refractivity contribution >= 4 is 17.9 Å². The Hall–Kier alpha value is -2.67. The summed E-state index contributed by atoms with van der Waals surface area (Å²) in [4.78, 5) is 32.8. The minimum absolute atomic E-state index is 0.113. The number of benzene rings is 1. The van der Waals surface area contributed by atoms with Crippen molar-refractivity contribution in [1.82, 2.24) is 0 Å². The largest absolute Gasteiger partial charge is 0.479 e. The first kappa shape index (κ1) is 20.4. The van der Waals surface area contributed by atoms with E-state index in [1.807, 2.05) is 0 Å². The second-order valence-electron chi connectivity index (χ2n) is 5.56. The number of hydrogen-bond acceptors (Lipinski definition) is 6. The molecule has 0 heterocycles. The lowest BCUT2D eigenvalue weighted by Gasteiger charge is -2.07. The fourth-order valence-electron chi connectivity index (χ4n) is 1.95. The monoisotopic (exact) mass is 349 g/mol. The third kappa shape index (κ3) is 5.72. The van der Waals surface area contributed by atoms with Crippen molar-refractivity contribution in [2.24, 2.45) is 11.7 Å². The average molecular weight is 349 g/mol. The van der Waals surface area contributed by atoms with Crippen molar-refractivity contribution in [1.29, 1.82) is 0 Å². The molecule has 1 aromatic carbocycles. The zero-order valence-corrected chi connectivity index (χ0v) is 14.3. The summed E-state index contributed by atoms with van der Waals surface area (Å²) in [5.74, 6) is -1.97. The van der Waals surface area contributed by atoms with Gasteiger partial charge >= 0.3 is 17.9 Å². The molecule has 136 valence electrons. The molecule has 1 aromatic rings. The highest BCUT2D eigenvalue weighted by Gasteiger charge is 2.56. The smallest absolute Gasteiger partial charge is 0.344 e. The van der Waals surface area contributed by atoms with E-state index in [4.69, 9.17) is 15.6 Å². The Balaban J connectivity index is 0.000000257. The first-order valence-electron chi connectivity index (χ1n) is 7.83. The number of carbonyl (C=O) groups is 3. The zero-order valence-electron chi connectivity index (χ0n) is 14.3. The van der Waals surface area contributed by atoms with Crippen LogP contribution in [0.25, 0.3) is 0 Å². The molecule has 2 rings (SSSR count). The second-order valence-corrected chi connectivity index (χ2v) is 5.56. The Morgan fingerprint density at radius 3 is 2.44 bits per heavy atom. The number of nitrogens with two attached hydrogens (primary N) is 1. The number of carbonyl (C=O) groups excluding carboxylic acids is 2. The normalized spacial score (nSPS) is 21.8. The summed E-state index contributed by atoms with van der Waals surface area (Å²) in [6.45, 7) is 7.04. The van der Waals surface area contributed by atoms with Gasteiger partial charge in [-0.15, -0.1) is 6.58 Å². The Morgan fingerprint density at radius 1 is 1.40 bits per heavy atom. The topological polar surface area (TPSA) is 116 Å². The van der Waals surface area contributed by atoms with Crippen LogP contribution in [0, 0.1) is 5.92 Å². The van der Waals surface area contributed by atoms with Crippen LogP contribution in [0.1, 0.15) is 30.6 Å². The third-order valence-corrected chi connectivity index (χ3v) is 3.64. The van der Waals surface area contributed by atoms with Gasteiger partial charge in [0.25, 0.3) is 0 Å². The van der Waals surface area contributed by atoms with Crippen LogP contribution in [0.15, 0.2) is 43.0 Å². The molecule has 0 aliphatic heterocycles. The van der Waals surface area contributed by atoms with Gasteiger partial charge in [-0.1, -0.05) is 24.3 Å². The molecule has 1 aliphatic rings. The maximum absolute atomic E-state index is 11.3. The van der Waals surface area contributed by atoms with Crippen LogP contribution in [-0.2, 0) is 19.1 Å². The molecule has 0 spiro atoms. The molecule has 0 unspecified atom stereocenters. The Morgan fingerprint density at radius 2 is 2.00 bits per heavy atom. The molecule has 3 N–H and O–H groups in total. The van der Waals surface area contributed by atoms with E-state index in [1.54, 1.807) is 43.3 Å². The van der Waals surface area contributed by atoms with Crippen molar-refractivity contribution in [2.45, 2.75) is 31.9 Å². The van der Waals surface area contributed by atoms with Gasteiger partial charge in [0.05, 0.1) is 12.2 Å². The summed E-state index contributed by atoms with van der Waals surface area (Å²) in [7, 11) is 0. The first-order chi connectivity index (χ1) is 11.8. The van der Waals surface area contributed by atoms with Gasteiger partial charge in [0.2, 0.25) is 0 Å². The molecular weight excluding hydrogens is 326 g/mol. The number of carboxylic acid groups (broad SMARTS) is 1. The summed E-state index contributed by atoms with van der Waals surface area (Å²) in [6, 6.07) is 8.26. The lowest BCUT2D eigenvalue weighted by atomic mass is 10.2. The van der Waals surface area contributed by atoms with E-state index in [9.17, 15) is 14.4 Å². The lowest BCUT2D eigenvalue weighted by Crippen LogP contribution is -2.36. The van der Waals surface area contributed by atoms with E-state index in [0.717, 1.165) is 0 Å². The van der Waals surface area contributed by atoms with Crippen LogP contribution in [0.3, 0.4) is 0 Å². The van der Waals surface area contributed by atoms with Crippen LogP contribution in [-0.4, -0.2) is 41.3 Å². The Labute approximate surface area is 146 Å². The van der Waals surface area contributed by atoms with Crippen molar-refractivity contribution in [3.63, 3.8) is 0 Å². The summed E-state index contributed by atoms with van der Waals surface area (Å²) in [5.41, 5.74) is 5.28. The fourth-order valence-corrected chi connectivity index (χ4v) is 1.95. The highest BCUT2D eigenvalue weighted by molar-refractivity contribution is 5.91. The number of hydrogen-bond donors (Lipinski definition) is 2. The first-order valence-corrected chi connectivity index (χ1v) is 7.83. The van der Waals surface area contributed by atoms with Crippen LogP contribution >= 0.6 is 0 Å². The van der Waals surface area contributed by atoms with E-state index < -0.39 is 23.6 Å². The van der Waals surface area contributed by atoms with Gasteiger partial charge in [0.1, 0.15) is 5.54 Å². The molecule has 7 heteroatoms. The van der Waals surface area contributed by atoms with Gasteiger partial charge in [0, 0.05) is 5.92 Å². The van der Waals surface area contributed by atoms with Crippen LogP contribution < -0.4 is 5.73 Å². The summed E-state index contributed by atoms with van der Waals surface area (Å²) < 4.78 is 9.45. The summed E-state index contributed by atoms with van der Waals surface area (Å²) in [5, 5.41) is 8.50. The van der Waals surface area contributed by atoms with Gasteiger partial charge in [-0.05, 0) is 32.4 Å². The molecule has 0 bridgehead atoms. The fraction of sp³-hybridized carbons (Fsp3) is 0.389. The van der Waals surface area contributed by atoms with Crippen molar-refractivity contribution in [2.75, 3.05) is 6.61 Å². The predicted octanol–water partition coefficient (Wildman–Crippen LogP) is 1.77. The van der Waals surface area contributed by atoms with Gasteiger partial charge in [-0.2, -0.15) is 0 Å². The minimum atomic E-state index is -1.16. The molecule has 1 fully saturated rings. The molecular formula is C18H23NO6. The molecule has 0 saturated heterocycles. The van der Waals surface area contributed by atoms with E-state index in [1.165, 1.54) is 6.92 Å². The maximum atomic E-state index is 11.3. The average Bonchev–Trinajstić information content (AvgIpc) is 3.28. The number of aliphatic carboxylic acids is 1. The van der Waals surface area contributed by atoms with Gasteiger partial charge in [-0.3, -0.25) is 4.79 Å². The van der Waals surface area contributed by atoms with Crippen molar-refractivity contribution in [3.05, 3.63) is 48.6 Å². The predicted molar refractivity (Wildman–Crippen MR) is 90.8 cm³/mol. The van der Waals surface area contributed by atoms with E-state index in [2.05, 4.69) is 11.3 Å². The highest BCUT2D eigenvalue weighted by atomic mass is 16.6. The Kier molecular flexibility index (Phi) is 7.32. The molecule has 7 nitrogen and oxygen atoms in total. The zero-order chi connectivity index (χ0) is 19.0. The SMILES string of the molecule is C=C[C@@H]1C[C@]1(N)C(=O)OCC.C[C@H](OC(=O)c1ccccc1)C(=O)O. The van der Waals surface area contributed by atoms with Crippen molar-refractivity contribution in [3.8, 4) is 0 Å². The third-order valence-electron chi connectivity index (χ3n) is 3.64. The molecule has 0 aromatic heterocycles. The Bertz CT molecular complexity index is 630. The van der Waals surface area contributed by atoms with Gasteiger partial charge in [0.15, 0.2) is 6.10 Å². The number of ether oxygens (including phenoxy) is 2. The number of rotatable bonds is 6. The van der Waals surface area contributed by atoms with Crippen LogP contribution in [0.2, 0.25) is 0 Å².